The number of hydrogen-bond acceptors (Lipinski definition) is 3. The Morgan fingerprint density at radius 2 is 2.20 bits per heavy atom. The molecule has 1 N–H and O–H groups in total. The van der Waals surface area contributed by atoms with Crippen LogP contribution in [0.3, 0.4) is 0 Å². The average Bonchev–Trinajstić information content (AvgIpc) is 2.25. The Morgan fingerprint density at radius 1 is 1.47 bits per heavy atom. The number of pyridine rings is 1. The normalized spacial score (nSPS) is 17.7. The van der Waals surface area contributed by atoms with Gasteiger partial charge in [0.2, 0.25) is 5.88 Å². The van der Waals surface area contributed by atoms with E-state index in [1.807, 2.05) is 6.07 Å². The second-order valence-corrected chi connectivity index (χ2v) is 4.77. The summed E-state index contributed by atoms with van der Waals surface area (Å²) >= 11 is 9.20. The predicted molar refractivity (Wildman–Crippen MR) is 63.5 cm³/mol. The molecule has 1 aliphatic heterocycles. The lowest BCUT2D eigenvalue weighted by atomic mass is 10.1. The Balaban J connectivity index is 2.00. The highest BCUT2D eigenvalue weighted by atomic mass is 79.9. The van der Waals surface area contributed by atoms with E-state index in [-0.39, 0.29) is 6.10 Å². The number of nitrogens with zero attached hydrogens (tertiary/aromatic N) is 1. The zero-order chi connectivity index (χ0) is 10.7. The maximum absolute atomic E-state index is 5.85. The van der Waals surface area contributed by atoms with Crippen molar-refractivity contribution < 1.29 is 4.74 Å². The maximum atomic E-state index is 5.85. The molecule has 1 aromatic heterocycles. The Kier molecular flexibility index (Phi) is 3.83. The molecule has 1 aliphatic rings. The number of hydrogen-bond donors (Lipinski definition) is 1. The standard InChI is InChI=1S/C10H12BrClN2O/c11-8-5-10(14-6-9(8)12)15-7-1-3-13-4-2-7/h5-7,13H,1-4H2. The molecule has 0 amide bonds. The Bertz CT molecular complexity index is 342. The Hall–Kier alpha value is -0.320. The minimum Gasteiger partial charge on any atom is -0.474 e. The molecule has 5 heteroatoms. The van der Waals surface area contributed by atoms with Crippen LogP contribution in [-0.4, -0.2) is 24.2 Å². The minimum absolute atomic E-state index is 0.270. The van der Waals surface area contributed by atoms with Crippen LogP contribution in [0.4, 0.5) is 0 Å². The summed E-state index contributed by atoms with van der Waals surface area (Å²) in [5.41, 5.74) is 0. The molecule has 0 spiro atoms. The van der Waals surface area contributed by atoms with E-state index in [4.69, 9.17) is 16.3 Å². The van der Waals surface area contributed by atoms with Crippen molar-refractivity contribution in [3.63, 3.8) is 0 Å². The van der Waals surface area contributed by atoms with Gasteiger partial charge in [-0.1, -0.05) is 11.6 Å². The van der Waals surface area contributed by atoms with Gasteiger partial charge in [-0.2, -0.15) is 0 Å². The topological polar surface area (TPSA) is 34.1 Å². The lowest BCUT2D eigenvalue weighted by Gasteiger charge is -2.23. The summed E-state index contributed by atoms with van der Waals surface area (Å²) in [6.45, 7) is 2.03. The zero-order valence-corrected chi connectivity index (χ0v) is 10.5. The van der Waals surface area contributed by atoms with Crippen LogP contribution in [0.1, 0.15) is 12.8 Å². The van der Waals surface area contributed by atoms with Crippen molar-refractivity contribution in [3.8, 4) is 5.88 Å². The summed E-state index contributed by atoms with van der Waals surface area (Å²) in [5.74, 6) is 0.637. The molecule has 82 valence electrons. The third-order valence-corrected chi connectivity index (χ3v) is 3.54. The second kappa shape index (κ2) is 5.14. The molecule has 0 atom stereocenters. The molecule has 0 saturated carbocycles. The van der Waals surface area contributed by atoms with E-state index >= 15 is 0 Å². The molecule has 1 saturated heterocycles. The van der Waals surface area contributed by atoms with Crippen molar-refractivity contribution in [1.29, 1.82) is 0 Å². The SMILES string of the molecule is Clc1cnc(OC2CCNCC2)cc1Br. The molecule has 3 nitrogen and oxygen atoms in total. The van der Waals surface area contributed by atoms with E-state index in [9.17, 15) is 0 Å². The van der Waals surface area contributed by atoms with E-state index in [0.29, 0.717) is 10.9 Å². The largest absolute Gasteiger partial charge is 0.474 e. The van der Waals surface area contributed by atoms with Crippen LogP contribution < -0.4 is 10.1 Å². The van der Waals surface area contributed by atoms with Crippen LogP contribution in [0.5, 0.6) is 5.88 Å². The van der Waals surface area contributed by atoms with Gasteiger partial charge in [0.1, 0.15) is 6.10 Å². The van der Waals surface area contributed by atoms with Gasteiger partial charge in [-0.3, -0.25) is 0 Å². The molecular formula is C10H12BrClN2O. The number of halogens is 2. The van der Waals surface area contributed by atoms with Gasteiger partial charge in [0.25, 0.3) is 0 Å². The fourth-order valence-electron chi connectivity index (χ4n) is 1.55. The molecule has 0 bridgehead atoms. The van der Waals surface area contributed by atoms with E-state index < -0.39 is 0 Å². The third kappa shape index (κ3) is 3.06. The van der Waals surface area contributed by atoms with Gasteiger partial charge in [-0.05, 0) is 41.9 Å². The molecule has 0 aromatic carbocycles. The first kappa shape index (κ1) is 11.2. The minimum atomic E-state index is 0.270. The van der Waals surface area contributed by atoms with E-state index in [1.165, 1.54) is 0 Å². The highest BCUT2D eigenvalue weighted by Crippen LogP contribution is 2.25. The van der Waals surface area contributed by atoms with Crippen molar-refractivity contribution in [2.75, 3.05) is 13.1 Å². The summed E-state index contributed by atoms with van der Waals surface area (Å²) < 4.78 is 6.57. The summed E-state index contributed by atoms with van der Waals surface area (Å²) in [7, 11) is 0. The third-order valence-electron chi connectivity index (χ3n) is 2.36. The Morgan fingerprint density at radius 3 is 2.87 bits per heavy atom. The first-order chi connectivity index (χ1) is 7.25. The lowest BCUT2D eigenvalue weighted by molar-refractivity contribution is 0.156. The fourth-order valence-corrected chi connectivity index (χ4v) is 1.95. The van der Waals surface area contributed by atoms with Crippen LogP contribution in [0.15, 0.2) is 16.7 Å². The number of nitrogens with one attached hydrogen (secondary N) is 1. The molecule has 0 unspecified atom stereocenters. The van der Waals surface area contributed by atoms with Gasteiger partial charge in [0, 0.05) is 10.5 Å². The quantitative estimate of drug-likeness (QED) is 0.909. The number of ether oxygens (including phenoxy) is 1. The summed E-state index contributed by atoms with van der Waals surface area (Å²) in [5, 5.41) is 3.89. The van der Waals surface area contributed by atoms with Crippen molar-refractivity contribution in [3.05, 3.63) is 21.8 Å². The number of aromatic nitrogens is 1. The summed E-state index contributed by atoms with van der Waals surface area (Å²) in [6, 6.07) is 1.81. The molecule has 2 rings (SSSR count). The second-order valence-electron chi connectivity index (χ2n) is 3.50. The van der Waals surface area contributed by atoms with E-state index in [0.717, 1.165) is 30.4 Å². The van der Waals surface area contributed by atoms with Crippen LogP contribution in [0.2, 0.25) is 5.02 Å². The van der Waals surface area contributed by atoms with Crippen LogP contribution in [0, 0.1) is 0 Å². The van der Waals surface area contributed by atoms with E-state index in [2.05, 4.69) is 26.2 Å². The molecule has 1 aromatic rings. The highest BCUT2D eigenvalue weighted by molar-refractivity contribution is 9.10. The number of piperidine rings is 1. The van der Waals surface area contributed by atoms with Gasteiger partial charge in [-0.15, -0.1) is 0 Å². The molecule has 15 heavy (non-hydrogen) atoms. The molecule has 0 radical (unpaired) electrons. The van der Waals surface area contributed by atoms with Crippen molar-refractivity contribution in [1.82, 2.24) is 10.3 Å². The van der Waals surface area contributed by atoms with Crippen molar-refractivity contribution in [2.45, 2.75) is 18.9 Å². The van der Waals surface area contributed by atoms with Crippen LogP contribution in [0.25, 0.3) is 0 Å². The summed E-state index contributed by atoms with van der Waals surface area (Å²) in [4.78, 5) is 4.13. The predicted octanol–water partition coefficient (Wildman–Crippen LogP) is 2.63. The molecular weight excluding hydrogens is 279 g/mol. The highest BCUT2D eigenvalue weighted by Gasteiger charge is 2.15. The average molecular weight is 292 g/mol. The van der Waals surface area contributed by atoms with Gasteiger partial charge in [-0.25, -0.2) is 4.98 Å². The lowest BCUT2D eigenvalue weighted by Crippen LogP contribution is -2.34. The molecule has 0 aliphatic carbocycles. The maximum Gasteiger partial charge on any atom is 0.214 e. The zero-order valence-electron chi connectivity index (χ0n) is 8.17. The van der Waals surface area contributed by atoms with Gasteiger partial charge < -0.3 is 10.1 Å². The molecule has 2 heterocycles. The smallest absolute Gasteiger partial charge is 0.214 e. The van der Waals surface area contributed by atoms with Crippen molar-refractivity contribution >= 4 is 27.5 Å². The van der Waals surface area contributed by atoms with Crippen LogP contribution in [-0.2, 0) is 0 Å². The first-order valence-electron chi connectivity index (χ1n) is 4.94. The fraction of sp³-hybridized carbons (Fsp3) is 0.500. The monoisotopic (exact) mass is 290 g/mol. The van der Waals surface area contributed by atoms with Gasteiger partial charge in [0.05, 0.1) is 11.2 Å². The van der Waals surface area contributed by atoms with Gasteiger partial charge >= 0.3 is 0 Å². The molecule has 1 fully saturated rings. The summed E-state index contributed by atoms with van der Waals surface area (Å²) in [6.07, 6.45) is 3.93. The Labute approximate surface area is 102 Å². The number of rotatable bonds is 2. The van der Waals surface area contributed by atoms with Crippen LogP contribution >= 0.6 is 27.5 Å². The first-order valence-corrected chi connectivity index (χ1v) is 6.11. The van der Waals surface area contributed by atoms with Crippen molar-refractivity contribution in [2.24, 2.45) is 0 Å². The van der Waals surface area contributed by atoms with Gasteiger partial charge in [0.15, 0.2) is 0 Å². The van der Waals surface area contributed by atoms with E-state index in [1.54, 1.807) is 6.20 Å².